The zero-order valence-electron chi connectivity index (χ0n) is 8.75. The first-order chi connectivity index (χ1) is 5.83. The highest BCUT2D eigenvalue weighted by Gasteiger charge is 2.07. The van der Waals surface area contributed by atoms with Gasteiger partial charge in [-0.1, -0.05) is 0 Å². The van der Waals surface area contributed by atoms with Crippen LogP contribution in [0.25, 0.3) is 0 Å². The minimum atomic E-state index is -1.15. The summed E-state index contributed by atoms with van der Waals surface area (Å²) in [5.41, 5.74) is 5.30. The molecule has 1 unspecified atom stereocenters. The summed E-state index contributed by atoms with van der Waals surface area (Å²) in [6.45, 7) is 1.04. The second kappa shape index (κ2) is 5.19. The van der Waals surface area contributed by atoms with Crippen LogP contribution in [-0.4, -0.2) is 44.2 Å². The molecule has 0 heterocycles. The van der Waals surface area contributed by atoms with Crippen molar-refractivity contribution in [3.05, 3.63) is 0 Å². The number of carbonyl (C=O) groups is 1. The van der Waals surface area contributed by atoms with Crippen molar-refractivity contribution in [3.8, 4) is 0 Å². The van der Waals surface area contributed by atoms with Gasteiger partial charge in [-0.3, -0.25) is 0 Å². The minimum absolute atomic E-state index is 0.516. The van der Waals surface area contributed by atoms with E-state index < -0.39 is 12.0 Å². The number of quaternary nitrogens is 1. The second-order valence-electron chi connectivity index (χ2n) is 4.44. The fourth-order valence-electron chi connectivity index (χ4n) is 1.07. The van der Waals surface area contributed by atoms with Gasteiger partial charge in [0.1, 0.15) is 0 Å². The number of nitrogens with zero attached hydrogens (tertiary/aromatic N) is 1. The molecule has 0 aliphatic rings. The summed E-state index contributed by atoms with van der Waals surface area (Å²) in [6, 6.07) is -0.799. The quantitative estimate of drug-likeness (QED) is 0.427. The van der Waals surface area contributed by atoms with Crippen molar-refractivity contribution in [1.29, 1.82) is 0 Å². The summed E-state index contributed by atoms with van der Waals surface area (Å²) in [4.78, 5) is 10.3. The van der Waals surface area contributed by atoms with Crippen molar-refractivity contribution in [3.63, 3.8) is 0 Å². The molecule has 0 fully saturated rings. The van der Waals surface area contributed by atoms with Crippen LogP contribution in [0.4, 0.5) is 0 Å². The molecule has 0 amide bonds. The maximum absolute atomic E-state index is 10.3. The fourth-order valence-corrected chi connectivity index (χ4v) is 1.07. The number of carboxylic acids is 1. The zero-order valence-corrected chi connectivity index (χ0v) is 8.75. The average molecular weight is 188 g/mol. The molecular formula is C9H20N2O2. The first-order valence-electron chi connectivity index (χ1n) is 4.60. The molecule has 0 aromatic carbocycles. The van der Waals surface area contributed by atoms with E-state index in [-0.39, 0.29) is 0 Å². The van der Waals surface area contributed by atoms with Crippen LogP contribution in [0.5, 0.6) is 0 Å². The number of nitrogens with two attached hydrogens (primary N) is 1. The molecule has 0 aromatic heterocycles. The predicted octanol–water partition coefficient (Wildman–Crippen LogP) is -1.06. The third-order valence-electron chi connectivity index (χ3n) is 1.90. The summed E-state index contributed by atoms with van der Waals surface area (Å²) in [5, 5.41) is 10.3. The molecule has 78 valence electrons. The van der Waals surface area contributed by atoms with Gasteiger partial charge in [0.2, 0.25) is 0 Å². The van der Waals surface area contributed by atoms with E-state index in [0.29, 0.717) is 6.42 Å². The number of aliphatic carboxylic acids is 1. The number of hydrogen-bond acceptors (Lipinski definition) is 3. The van der Waals surface area contributed by atoms with E-state index >= 15 is 0 Å². The SMILES string of the molecule is C[N+](C)(C)CCCCC(N)C(=O)[O-]. The van der Waals surface area contributed by atoms with Crippen LogP contribution < -0.4 is 10.8 Å². The van der Waals surface area contributed by atoms with Gasteiger partial charge in [0, 0.05) is 6.04 Å². The van der Waals surface area contributed by atoms with Gasteiger partial charge in [0.25, 0.3) is 0 Å². The lowest BCUT2D eigenvalue weighted by Gasteiger charge is -2.24. The maximum Gasteiger partial charge on any atom is 0.0780 e. The lowest BCUT2D eigenvalue weighted by molar-refractivity contribution is -0.870. The molecule has 0 saturated carbocycles. The summed E-state index contributed by atoms with van der Waals surface area (Å²) in [6.07, 6.45) is 2.37. The van der Waals surface area contributed by atoms with E-state index in [1.54, 1.807) is 0 Å². The Hall–Kier alpha value is -0.610. The minimum Gasteiger partial charge on any atom is -0.548 e. The Morgan fingerprint density at radius 3 is 2.31 bits per heavy atom. The Labute approximate surface area is 79.9 Å². The number of hydrogen-bond donors (Lipinski definition) is 1. The summed E-state index contributed by atoms with van der Waals surface area (Å²) in [7, 11) is 6.33. The second-order valence-corrected chi connectivity index (χ2v) is 4.44. The van der Waals surface area contributed by atoms with Gasteiger partial charge in [-0.05, 0) is 19.3 Å². The van der Waals surface area contributed by atoms with Crippen molar-refractivity contribution in [1.82, 2.24) is 0 Å². The largest absolute Gasteiger partial charge is 0.548 e. The van der Waals surface area contributed by atoms with E-state index in [9.17, 15) is 9.90 Å². The molecule has 0 aliphatic heterocycles. The maximum atomic E-state index is 10.3. The van der Waals surface area contributed by atoms with Gasteiger partial charge < -0.3 is 20.1 Å². The molecule has 4 heteroatoms. The molecule has 0 rings (SSSR count). The van der Waals surface area contributed by atoms with Crippen molar-refractivity contribution >= 4 is 5.97 Å². The van der Waals surface area contributed by atoms with Crippen molar-refractivity contribution < 1.29 is 14.4 Å². The van der Waals surface area contributed by atoms with Crippen molar-refractivity contribution in [2.75, 3.05) is 27.7 Å². The summed E-state index contributed by atoms with van der Waals surface area (Å²) < 4.78 is 0.903. The summed E-state index contributed by atoms with van der Waals surface area (Å²) >= 11 is 0. The Bertz CT molecular complexity index is 163. The lowest BCUT2D eigenvalue weighted by atomic mass is 10.1. The molecule has 13 heavy (non-hydrogen) atoms. The highest BCUT2D eigenvalue weighted by atomic mass is 16.4. The number of unbranched alkanes of at least 4 members (excludes halogenated alkanes) is 1. The predicted molar refractivity (Wildman–Crippen MR) is 49.7 cm³/mol. The number of carboxylic acid groups (broad SMARTS) is 1. The van der Waals surface area contributed by atoms with Crippen molar-refractivity contribution in [2.45, 2.75) is 25.3 Å². The van der Waals surface area contributed by atoms with E-state index in [0.717, 1.165) is 23.9 Å². The molecule has 1 atom stereocenters. The zero-order chi connectivity index (χ0) is 10.5. The van der Waals surface area contributed by atoms with E-state index in [1.807, 2.05) is 0 Å². The summed E-state index contributed by atoms with van der Waals surface area (Å²) in [5.74, 6) is -1.15. The fraction of sp³-hybridized carbons (Fsp3) is 0.889. The van der Waals surface area contributed by atoms with E-state index in [2.05, 4.69) is 21.1 Å². The Morgan fingerprint density at radius 2 is 1.92 bits per heavy atom. The normalized spacial score (nSPS) is 14.2. The van der Waals surface area contributed by atoms with E-state index in [4.69, 9.17) is 5.73 Å². The van der Waals surface area contributed by atoms with Gasteiger partial charge in [-0.2, -0.15) is 0 Å². The molecule has 0 saturated heterocycles. The molecule has 0 spiro atoms. The molecule has 0 radical (unpaired) electrons. The molecule has 0 aromatic rings. The standard InChI is InChI=1S/C9H20N2O2/c1-11(2,3)7-5-4-6-8(10)9(12)13/h8H,4-7,10H2,1-3H3. The van der Waals surface area contributed by atoms with Crippen LogP contribution in [0.1, 0.15) is 19.3 Å². The van der Waals surface area contributed by atoms with Crippen LogP contribution in [0.3, 0.4) is 0 Å². The Morgan fingerprint density at radius 1 is 1.38 bits per heavy atom. The molecule has 0 bridgehead atoms. The van der Waals surface area contributed by atoms with Gasteiger partial charge in [-0.15, -0.1) is 0 Å². The highest BCUT2D eigenvalue weighted by molar-refractivity contribution is 5.70. The Balaban J connectivity index is 3.41. The van der Waals surface area contributed by atoms with Crippen LogP contribution in [0.15, 0.2) is 0 Å². The monoisotopic (exact) mass is 188 g/mol. The lowest BCUT2D eigenvalue weighted by Crippen LogP contribution is -2.42. The number of carbonyl (C=O) groups excluding carboxylic acids is 1. The van der Waals surface area contributed by atoms with Gasteiger partial charge in [0.05, 0.1) is 33.7 Å². The third-order valence-corrected chi connectivity index (χ3v) is 1.90. The first kappa shape index (κ1) is 12.4. The van der Waals surface area contributed by atoms with Crippen LogP contribution in [0, 0.1) is 0 Å². The van der Waals surface area contributed by atoms with Crippen LogP contribution >= 0.6 is 0 Å². The van der Waals surface area contributed by atoms with E-state index in [1.165, 1.54) is 0 Å². The Kier molecular flexibility index (Phi) is 4.95. The van der Waals surface area contributed by atoms with Gasteiger partial charge >= 0.3 is 0 Å². The van der Waals surface area contributed by atoms with Crippen LogP contribution in [-0.2, 0) is 4.79 Å². The third kappa shape index (κ3) is 7.74. The molecule has 0 aliphatic carbocycles. The number of rotatable bonds is 6. The van der Waals surface area contributed by atoms with Crippen molar-refractivity contribution in [2.24, 2.45) is 5.73 Å². The smallest absolute Gasteiger partial charge is 0.0780 e. The van der Waals surface area contributed by atoms with Crippen LogP contribution in [0.2, 0.25) is 0 Å². The molecular weight excluding hydrogens is 168 g/mol. The molecule has 4 nitrogen and oxygen atoms in total. The highest BCUT2D eigenvalue weighted by Crippen LogP contribution is 2.02. The van der Waals surface area contributed by atoms with Gasteiger partial charge in [0.15, 0.2) is 0 Å². The first-order valence-corrected chi connectivity index (χ1v) is 4.60. The molecule has 2 N–H and O–H groups in total. The topological polar surface area (TPSA) is 66.2 Å². The van der Waals surface area contributed by atoms with Gasteiger partial charge in [-0.25, -0.2) is 0 Å². The average Bonchev–Trinajstić information content (AvgIpc) is 1.95.